The molecule has 0 spiro atoms. The number of halogens is 4. The van der Waals surface area contributed by atoms with Gasteiger partial charge in [0.15, 0.2) is 0 Å². The maximum Gasteiger partial charge on any atom is 0.416 e. The second kappa shape index (κ2) is 12.3. The quantitative estimate of drug-likeness (QED) is 0.283. The van der Waals surface area contributed by atoms with Crippen LogP contribution < -0.4 is 0 Å². The van der Waals surface area contributed by atoms with Gasteiger partial charge in [-0.05, 0) is 75.4 Å². The van der Waals surface area contributed by atoms with Gasteiger partial charge in [-0.15, -0.1) is 0 Å². The van der Waals surface area contributed by atoms with Crippen molar-refractivity contribution in [3.05, 3.63) is 29.8 Å². The number of sulfonamides is 1. The molecule has 9 heteroatoms. The Morgan fingerprint density at radius 3 is 2.12 bits per heavy atom. The molecular formula is C23H36F4N2O2S. The van der Waals surface area contributed by atoms with E-state index in [0.29, 0.717) is 12.5 Å². The summed E-state index contributed by atoms with van der Waals surface area (Å²) in [4.78, 5) is 2.02. The summed E-state index contributed by atoms with van der Waals surface area (Å²) >= 11 is 0. The third-order valence-electron chi connectivity index (χ3n) is 6.62. The van der Waals surface area contributed by atoms with Crippen LogP contribution in [0.5, 0.6) is 0 Å². The molecule has 0 radical (unpaired) electrons. The van der Waals surface area contributed by atoms with E-state index in [2.05, 4.69) is 4.90 Å². The van der Waals surface area contributed by atoms with E-state index in [1.165, 1.54) is 11.4 Å². The van der Waals surface area contributed by atoms with Gasteiger partial charge in [-0.1, -0.05) is 26.2 Å². The number of nitrogens with zero attached hydrogens (tertiary/aromatic N) is 2. The molecule has 0 amide bonds. The molecule has 2 rings (SSSR count). The topological polar surface area (TPSA) is 40.6 Å². The van der Waals surface area contributed by atoms with Crippen molar-refractivity contribution in [1.29, 1.82) is 0 Å². The zero-order valence-corrected chi connectivity index (χ0v) is 19.9. The summed E-state index contributed by atoms with van der Waals surface area (Å²) in [6.45, 7) is 4.04. The molecule has 0 aromatic heterocycles. The van der Waals surface area contributed by atoms with E-state index in [1.54, 1.807) is 0 Å². The van der Waals surface area contributed by atoms with Crippen LogP contribution in [0.3, 0.4) is 0 Å². The highest BCUT2D eigenvalue weighted by atomic mass is 32.2. The fraction of sp³-hybridized carbons (Fsp3) is 0.739. The van der Waals surface area contributed by atoms with E-state index >= 15 is 0 Å². The highest BCUT2D eigenvalue weighted by molar-refractivity contribution is 7.89. The lowest BCUT2D eigenvalue weighted by atomic mass is 9.83. The van der Waals surface area contributed by atoms with Crippen LogP contribution in [0.2, 0.25) is 0 Å². The van der Waals surface area contributed by atoms with Crippen molar-refractivity contribution in [3.8, 4) is 0 Å². The lowest BCUT2D eigenvalue weighted by Gasteiger charge is -2.34. The predicted octanol–water partition coefficient (Wildman–Crippen LogP) is 5.74. The largest absolute Gasteiger partial charge is 0.416 e. The molecule has 1 aliphatic carbocycles. The monoisotopic (exact) mass is 480 g/mol. The van der Waals surface area contributed by atoms with Gasteiger partial charge in [0.2, 0.25) is 10.0 Å². The molecule has 0 saturated heterocycles. The van der Waals surface area contributed by atoms with Crippen molar-refractivity contribution in [1.82, 2.24) is 9.21 Å². The molecule has 0 heterocycles. The van der Waals surface area contributed by atoms with Gasteiger partial charge in [-0.2, -0.15) is 17.5 Å². The van der Waals surface area contributed by atoms with Gasteiger partial charge >= 0.3 is 6.18 Å². The van der Waals surface area contributed by atoms with Crippen molar-refractivity contribution >= 4 is 10.0 Å². The molecule has 4 nitrogen and oxygen atoms in total. The predicted molar refractivity (Wildman–Crippen MR) is 119 cm³/mol. The van der Waals surface area contributed by atoms with Gasteiger partial charge in [-0.25, -0.2) is 12.8 Å². The minimum atomic E-state index is -4.49. The Morgan fingerprint density at radius 1 is 0.969 bits per heavy atom. The van der Waals surface area contributed by atoms with Gasteiger partial charge in [0.1, 0.15) is 6.67 Å². The SMILES string of the molecule is CCN(CCF)CCCCC[C@H]1CC[C@H](N(C)S(=O)(=O)c2ccc(C(F)(F)F)cc2)CC1. The Bertz CT molecular complexity index is 776. The van der Waals surface area contributed by atoms with Gasteiger partial charge in [-0.3, -0.25) is 0 Å². The van der Waals surface area contributed by atoms with Crippen LogP contribution in [-0.4, -0.2) is 57.0 Å². The van der Waals surface area contributed by atoms with Gasteiger partial charge in [0, 0.05) is 19.6 Å². The Labute approximate surface area is 190 Å². The molecule has 1 aliphatic rings. The summed E-state index contributed by atoms with van der Waals surface area (Å²) < 4.78 is 77.7. The van der Waals surface area contributed by atoms with Crippen LogP contribution in [0, 0.1) is 5.92 Å². The van der Waals surface area contributed by atoms with Crippen molar-refractivity contribution in [2.24, 2.45) is 5.92 Å². The fourth-order valence-corrected chi connectivity index (χ4v) is 5.88. The smallest absolute Gasteiger partial charge is 0.301 e. The van der Waals surface area contributed by atoms with Crippen LogP contribution in [0.4, 0.5) is 17.6 Å². The first kappa shape index (κ1) is 27.1. The molecule has 1 saturated carbocycles. The maximum absolute atomic E-state index is 12.9. The molecule has 0 bridgehead atoms. The standard InChI is InChI=1S/C23H36F4N2O2S/c1-3-29(18-16-24)17-6-4-5-7-19-8-12-21(13-9-19)28(2)32(30,31)22-14-10-20(11-15-22)23(25,26)27/h10-11,14-15,19,21H,3-9,12-13,16-18H2,1-2H3/t19-,21-. The van der Waals surface area contributed by atoms with E-state index in [4.69, 9.17) is 0 Å². The summed E-state index contributed by atoms with van der Waals surface area (Å²) in [6, 6.07) is 3.57. The number of benzene rings is 1. The van der Waals surface area contributed by atoms with E-state index in [0.717, 1.165) is 88.7 Å². The van der Waals surface area contributed by atoms with Crippen molar-refractivity contribution < 1.29 is 26.0 Å². The van der Waals surface area contributed by atoms with Gasteiger partial charge < -0.3 is 4.90 Å². The Kier molecular flexibility index (Phi) is 10.4. The molecule has 1 fully saturated rings. The van der Waals surface area contributed by atoms with Crippen LogP contribution >= 0.6 is 0 Å². The molecule has 32 heavy (non-hydrogen) atoms. The summed E-state index contributed by atoms with van der Waals surface area (Å²) in [5, 5.41) is 0. The number of unbranched alkanes of at least 4 members (excludes halogenated alkanes) is 2. The number of alkyl halides is 4. The molecule has 1 aromatic carbocycles. The maximum atomic E-state index is 12.9. The minimum absolute atomic E-state index is 0.107. The molecule has 0 N–H and O–H groups in total. The number of hydrogen-bond donors (Lipinski definition) is 0. The van der Waals surface area contributed by atoms with Crippen LogP contribution in [-0.2, 0) is 16.2 Å². The minimum Gasteiger partial charge on any atom is -0.301 e. The van der Waals surface area contributed by atoms with Crippen LogP contribution in [0.25, 0.3) is 0 Å². The second-order valence-electron chi connectivity index (χ2n) is 8.69. The molecular weight excluding hydrogens is 444 g/mol. The first-order chi connectivity index (χ1) is 15.1. The Balaban J connectivity index is 1.77. The molecule has 0 aliphatic heterocycles. The van der Waals surface area contributed by atoms with Crippen LogP contribution in [0.1, 0.15) is 63.9 Å². The van der Waals surface area contributed by atoms with E-state index in [1.807, 2.05) is 6.92 Å². The zero-order chi connectivity index (χ0) is 23.8. The van der Waals surface area contributed by atoms with Crippen molar-refractivity contribution in [2.45, 2.75) is 75.4 Å². The fourth-order valence-electron chi connectivity index (χ4n) is 4.47. The highest BCUT2D eigenvalue weighted by Crippen LogP contribution is 2.34. The van der Waals surface area contributed by atoms with E-state index in [-0.39, 0.29) is 17.6 Å². The Hall–Kier alpha value is -1.19. The van der Waals surface area contributed by atoms with Crippen LogP contribution in [0.15, 0.2) is 29.2 Å². The second-order valence-corrected chi connectivity index (χ2v) is 10.7. The van der Waals surface area contributed by atoms with Crippen molar-refractivity contribution in [3.63, 3.8) is 0 Å². The first-order valence-electron chi connectivity index (χ1n) is 11.5. The van der Waals surface area contributed by atoms with Gasteiger partial charge in [0.05, 0.1) is 10.5 Å². The summed E-state index contributed by atoms with van der Waals surface area (Å²) in [5.41, 5.74) is -0.857. The van der Waals surface area contributed by atoms with Gasteiger partial charge in [0.25, 0.3) is 0 Å². The number of hydrogen-bond acceptors (Lipinski definition) is 3. The van der Waals surface area contributed by atoms with Crippen molar-refractivity contribution in [2.75, 3.05) is 33.4 Å². The summed E-state index contributed by atoms with van der Waals surface area (Å²) in [7, 11) is -2.30. The third-order valence-corrected chi connectivity index (χ3v) is 8.55. The average molecular weight is 481 g/mol. The lowest BCUT2D eigenvalue weighted by Crippen LogP contribution is -2.39. The highest BCUT2D eigenvalue weighted by Gasteiger charge is 2.33. The number of rotatable bonds is 12. The summed E-state index contributed by atoms with van der Waals surface area (Å²) in [5.74, 6) is 0.585. The summed E-state index contributed by atoms with van der Waals surface area (Å²) in [6.07, 6.45) is 3.39. The third kappa shape index (κ3) is 7.70. The molecule has 0 unspecified atom stereocenters. The zero-order valence-electron chi connectivity index (χ0n) is 19.1. The molecule has 0 atom stereocenters. The molecule has 1 aromatic rings. The van der Waals surface area contributed by atoms with E-state index < -0.39 is 21.8 Å². The lowest BCUT2D eigenvalue weighted by molar-refractivity contribution is -0.137. The normalized spacial score (nSPS) is 20.2. The first-order valence-corrected chi connectivity index (χ1v) is 13.0. The Morgan fingerprint density at radius 2 is 1.59 bits per heavy atom. The van der Waals surface area contributed by atoms with E-state index in [9.17, 15) is 26.0 Å². The molecule has 184 valence electrons. The average Bonchev–Trinajstić information content (AvgIpc) is 2.77.